The molecule has 1 N–H and O–H groups in total. The Labute approximate surface area is 149 Å². The molecule has 0 aromatic heterocycles. The lowest BCUT2D eigenvalue weighted by Crippen LogP contribution is -2.21. The number of benzene rings is 2. The number of para-hydroxylation sites is 1. The number of hydrogen-bond acceptors (Lipinski definition) is 3. The van der Waals surface area contributed by atoms with Crippen LogP contribution >= 0.6 is 23.4 Å². The summed E-state index contributed by atoms with van der Waals surface area (Å²) in [4.78, 5) is 28.2. The van der Waals surface area contributed by atoms with E-state index >= 15 is 0 Å². The van der Waals surface area contributed by atoms with Gasteiger partial charge in [0.2, 0.25) is 5.91 Å². The van der Waals surface area contributed by atoms with Gasteiger partial charge in [0.1, 0.15) is 5.25 Å². The minimum absolute atomic E-state index is 0.105. The van der Waals surface area contributed by atoms with E-state index in [4.69, 9.17) is 11.6 Å². The van der Waals surface area contributed by atoms with Crippen LogP contribution in [0, 0.1) is 0 Å². The van der Waals surface area contributed by atoms with Gasteiger partial charge in [-0.25, -0.2) is 4.99 Å². The number of halogens is 1. The highest BCUT2D eigenvalue weighted by atomic mass is 35.5. The van der Waals surface area contributed by atoms with Crippen molar-refractivity contribution in [3.63, 3.8) is 0 Å². The molecule has 0 radical (unpaired) electrons. The summed E-state index contributed by atoms with van der Waals surface area (Å²) in [5.74, 6) is -0.452. The van der Waals surface area contributed by atoms with Crippen LogP contribution in [0.1, 0.15) is 12.0 Å². The molecular formula is C18H15ClN2O2S. The van der Waals surface area contributed by atoms with Gasteiger partial charge in [-0.15, -0.1) is 0 Å². The van der Waals surface area contributed by atoms with Crippen molar-refractivity contribution >= 4 is 45.9 Å². The predicted octanol–water partition coefficient (Wildman–Crippen LogP) is 3.95. The average molecular weight is 359 g/mol. The Hall–Kier alpha value is -2.11. The Kier molecular flexibility index (Phi) is 5.33. The zero-order valence-electron chi connectivity index (χ0n) is 12.7. The third-order valence-electron chi connectivity index (χ3n) is 3.52. The normalized spacial score (nSPS) is 16.8. The van der Waals surface area contributed by atoms with Gasteiger partial charge in [-0.2, -0.15) is 0 Å². The van der Waals surface area contributed by atoms with Crippen LogP contribution < -0.4 is 5.32 Å². The molecule has 0 spiro atoms. The Bertz CT molecular complexity index is 793. The number of thioether (sulfide) groups is 1. The van der Waals surface area contributed by atoms with Crippen molar-refractivity contribution in [3.8, 4) is 0 Å². The average Bonchev–Trinajstić information content (AvgIpc) is 2.90. The van der Waals surface area contributed by atoms with Crippen LogP contribution in [0.15, 0.2) is 59.6 Å². The van der Waals surface area contributed by atoms with E-state index < -0.39 is 5.25 Å². The first-order valence-corrected chi connectivity index (χ1v) is 8.74. The van der Waals surface area contributed by atoms with Crippen LogP contribution in [-0.2, 0) is 16.0 Å². The van der Waals surface area contributed by atoms with Gasteiger partial charge < -0.3 is 5.32 Å². The molecule has 4 nitrogen and oxygen atoms in total. The number of aliphatic imine (C=N–C) groups is 1. The van der Waals surface area contributed by atoms with Crippen molar-refractivity contribution in [1.29, 1.82) is 0 Å². The molecule has 1 heterocycles. The maximum absolute atomic E-state index is 12.1. The quantitative estimate of drug-likeness (QED) is 0.880. The summed E-state index contributed by atoms with van der Waals surface area (Å²) >= 11 is 7.48. The Morgan fingerprint density at radius 1 is 1.12 bits per heavy atom. The van der Waals surface area contributed by atoms with Crippen molar-refractivity contribution in [3.05, 3.63) is 65.2 Å². The first-order chi connectivity index (χ1) is 11.6. The Balaban J connectivity index is 1.57. The van der Waals surface area contributed by atoms with Gasteiger partial charge in [0.15, 0.2) is 0 Å². The van der Waals surface area contributed by atoms with Crippen molar-refractivity contribution in [1.82, 2.24) is 0 Å². The number of nitrogens with one attached hydrogen (secondary N) is 1. The maximum Gasteiger partial charge on any atom is 0.260 e. The maximum atomic E-state index is 12.1. The predicted molar refractivity (Wildman–Crippen MR) is 98.7 cm³/mol. The van der Waals surface area contributed by atoms with Crippen LogP contribution in [-0.4, -0.2) is 22.1 Å². The monoisotopic (exact) mass is 358 g/mol. The number of carbonyl (C=O) groups is 2. The van der Waals surface area contributed by atoms with Crippen LogP contribution in [0.25, 0.3) is 0 Å². The highest BCUT2D eigenvalue weighted by molar-refractivity contribution is 8.15. The van der Waals surface area contributed by atoms with Crippen LogP contribution in [0.2, 0.25) is 5.02 Å². The number of anilines is 1. The third kappa shape index (κ3) is 4.24. The number of nitrogens with zero attached hydrogens (tertiary/aromatic N) is 1. The second-order valence-electron chi connectivity index (χ2n) is 5.34. The summed E-state index contributed by atoms with van der Waals surface area (Å²) in [5, 5.41) is 3.67. The number of amides is 2. The van der Waals surface area contributed by atoms with Crippen molar-refractivity contribution in [2.24, 2.45) is 4.99 Å². The molecule has 2 aromatic rings. The summed E-state index contributed by atoms with van der Waals surface area (Å²) in [7, 11) is 0. The zero-order chi connectivity index (χ0) is 16.9. The molecule has 1 aliphatic rings. The van der Waals surface area contributed by atoms with Gasteiger partial charge in [-0.1, -0.05) is 59.8 Å². The smallest absolute Gasteiger partial charge is 0.260 e. The van der Waals surface area contributed by atoms with E-state index in [2.05, 4.69) is 10.3 Å². The molecular weight excluding hydrogens is 344 g/mol. The topological polar surface area (TPSA) is 58.5 Å². The molecule has 6 heteroatoms. The van der Waals surface area contributed by atoms with Gasteiger partial charge in [0, 0.05) is 23.6 Å². The highest BCUT2D eigenvalue weighted by Crippen LogP contribution is 2.29. The molecule has 2 aromatic carbocycles. The number of hydrogen-bond donors (Lipinski definition) is 1. The fraction of sp³-hybridized carbons (Fsp3) is 0.167. The number of carbonyl (C=O) groups excluding carboxylic acids is 2. The van der Waals surface area contributed by atoms with E-state index in [-0.39, 0.29) is 18.2 Å². The van der Waals surface area contributed by atoms with Crippen LogP contribution in [0.5, 0.6) is 0 Å². The zero-order valence-corrected chi connectivity index (χ0v) is 14.3. The Morgan fingerprint density at radius 2 is 1.83 bits per heavy atom. The standard InChI is InChI=1S/C18H15ClN2O2S/c19-14-9-5-4-6-12(14)10-17-21-18(23)15(24-17)11-16(22)20-13-7-2-1-3-8-13/h1-9,15H,10-11H2,(H,20,22). The molecule has 0 saturated carbocycles. The summed E-state index contributed by atoms with van der Waals surface area (Å²) in [6.07, 6.45) is 0.612. The summed E-state index contributed by atoms with van der Waals surface area (Å²) in [6.45, 7) is 0. The van der Waals surface area contributed by atoms with Crippen molar-refractivity contribution in [2.45, 2.75) is 18.1 Å². The SMILES string of the molecule is O=C(CC1SC(Cc2ccccc2Cl)=NC1=O)Nc1ccccc1. The van der Waals surface area contributed by atoms with E-state index in [1.165, 1.54) is 11.8 Å². The first kappa shape index (κ1) is 16.7. The van der Waals surface area contributed by atoms with Gasteiger partial charge in [0.05, 0.1) is 5.04 Å². The minimum Gasteiger partial charge on any atom is -0.326 e. The first-order valence-electron chi connectivity index (χ1n) is 7.48. The molecule has 1 aliphatic heterocycles. The van der Waals surface area contributed by atoms with Crippen molar-refractivity contribution < 1.29 is 9.59 Å². The largest absolute Gasteiger partial charge is 0.326 e. The van der Waals surface area contributed by atoms with Gasteiger partial charge >= 0.3 is 0 Å². The van der Waals surface area contributed by atoms with Gasteiger partial charge in [0.25, 0.3) is 5.91 Å². The summed E-state index contributed by atoms with van der Waals surface area (Å²) in [5.41, 5.74) is 1.64. The second-order valence-corrected chi connectivity index (χ2v) is 7.02. The molecule has 0 aliphatic carbocycles. The van der Waals surface area contributed by atoms with Crippen LogP contribution in [0.3, 0.4) is 0 Å². The summed E-state index contributed by atoms with van der Waals surface area (Å²) in [6, 6.07) is 16.6. The molecule has 2 amide bonds. The lowest BCUT2D eigenvalue weighted by Gasteiger charge is -2.08. The van der Waals surface area contributed by atoms with E-state index in [9.17, 15) is 9.59 Å². The van der Waals surface area contributed by atoms with E-state index in [0.29, 0.717) is 16.5 Å². The molecule has 1 unspecified atom stereocenters. The molecule has 24 heavy (non-hydrogen) atoms. The minimum atomic E-state index is -0.466. The van der Waals surface area contributed by atoms with Gasteiger partial charge in [-0.05, 0) is 23.8 Å². The van der Waals surface area contributed by atoms with E-state index in [1.807, 2.05) is 42.5 Å². The summed E-state index contributed by atoms with van der Waals surface area (Å²) < 4.78 is 0. The molecule has 3 rings (SSSR count). The Morgan fingerprint density at radius 3 is 2.58 bits per heavy atom. The third-order valence-corrected chi connectivity index (χ3v) is 5.05. The molecule has 0 saturated heterocycles. The van der Waals surface area contributed by atoms with E-state index in [0.717, 1.165) is 11.3 Å². The van der Waals surface area contributed by atoms with E-state index in [1.54, 1.807) is 12.1 Å². The van der Waals surface area contributed by atoms with Gasteiger partial charge in [-0.3, -0.25) is 9.59 Å². The second kappa shape index (κ2) is 7.64. The lowest BCUT2D eigenvalue weighted by atomic mass is 10.2. The fourth-order valence-electron chi connectivity index (χ4n) is 2.35. The number of rotatable bonds is 5. The van der Waals surface area contributed by atoms with Crippen molar-refractivity contribution in [2.75, 3.05) is 5.32 Å². The molecule has 0 bridgehead atoms. The van der Waals surface area contributed by atoms with Crippen LogP contribution in [0.4, 0.5) is 5.69 Å². The fourth-order valence-corrected chi connectivity index (χ4v) is 3.65. The molecule has 1 atom stereocenters. The molecule has 0 fully saturated rings. The lowest BCUT2D eigenvalue weighted by molar-refractivity contribution is -0.121. The molecule has 122 valence electrons. The highest BCUT2D eigenvalue weighted by Gasteiger charge is 2.30.